The molecule has 156 valence electrons. The van der Waals surface area contributed by atoms with Crippen LogP contribution < -0.4 is 9.47 Å². The van der Waals surface area contributed by atoms with E-state index in [-0.39, 0.29) is 29.9 Å². The molecule has 3 rings (SSSR count). The molecule has 2 aromatic rings. The van der Waals surface area contributed by atoms with E-state index >= 15 is 0 Å². The molecule has 7 nitrogen and oxygen atoms in total. The van der Waals surface area contributed by atoms with Gasteiger partial charge in [0.2, 0.25) is 11.8 Å². The molecule has 1 aromatic heterocycles. The summed E-state index contributed by atoms with van der Waals surface area (Å²) in [4.78, 5) is 22.6. The highest BCUT2D eigenvalue weighted by atomic mass is 32.2. The Morgan fingerprint density at radius 1 is 1.21 bits per heavy atom. The van der Waals surface area contributed by atoms with Gasteiger partial charge in [0.1, 0.15) is 12.4 Å². The first kappa shape index (κ1) is 21.2. The molecule has 2 heterocycles. The summed E-state index contributed by atoms with van der Waals surface area (Å²) >= 11 is 1.45. The van der Waals surface area contributed by atoms with Gasteiger partial charge in [0.15, 0.2) is 11.6 Å². The molecule has 0 aliphatic carbocycles. The van der Waals surface area contributed by atoms with Crippen molar-refractivity contribution in [1.29, 1.82) is 0 Å². The van der Waals surface area contributed by atoms with Crippen LogP contribution in [0.4, 0.5) is 9.18 Å². The number of likely N-dealkylation sites (tertiary alicyclic amines) is 1. The normalized spacial score (nSPS) is 14.7. The molecule has 29 heavy (non-hydrogen) atoms. The van der Waals surface area contributed by atoms with Crippen molar-refractivity contribution in [3.8, 4) is 17.5 Å². The third-order valence-electron chi connectivity index (χ3n) is 4.29. The molecule has 1 fully saturated rings. The Balaban J connectivity index is 1.56. The molecule has 0 bridgehead atoms. The predicted molar refractivity (Wildman–Crippen MR) is 107 cm³/mol. The summed E-state index contributed by atoms with van der Waals surface area (Å²) in [6.07, 6.45) is 3.99. The Bertz CT molecular complexity index is 844. The maximum Gasteiger partial charge on any atom is 0.410 e. The zero-order chi connectivity index (χ0) is 20.8. The fourth-order valence-corrected chi connectivity index (χ4v) is 3.28. The standard InChI is InChI=1S/C20H24FN3O4S/c1-13(2)26-20(25)24-8-6-14(7-9-24)27-18-11-19(23-12-22-18)28-17-5-4-15(29-3)10-16(17)21/h4-5,10-14H,6-9H2,1-3H3. The van der Waals surface area contributed by atoms with Gasteiger partial charge in [0.05, 0.1) is 12.2 Å². The quantitative estimate of drug-likeness (QED) is 0.635. The van der Waals surface area contributed by atoms with Crippen molar-refractivity contribution < 1.29 is 23.4 Å². The number of amides is 1. The van der Waals surface area contributed by atoms with Crippen molar-refractivity contribution in [3.05, 3.63) is 36.4 Å². The summed E-state index contributed by atoms with van der Waals surface area (Å²) < 4.78 is 30.8. The zero-order valence-electron chi connectivity index (χ0n) is 16.6. The second-order valence-corrected chi connectivity index (χ2v) is 7.71. The van der Waals surface area contributed by atoms with Crippen molar-refractivity contribution in [2.24, 2.45) is 0 Å². The lowest BCUT2D eigenvalue weighted by molar-refractivity contribution is 0.0507. The maximum atomic E-state index is 14.1. The van der Waals surface area contributed by atoms with E-state index in [1.807, 2.05) is 20.1 Å². The van der Waals surface area contributed by atoms with E-state index in [9.17, 15) is 9.18 Å². The molecule has 0 atom stereocenters. The summed E-state index contributed by atoms with van der Waals surface area (Å²) in [6, 6.07) is 6.29. The third-order valence-corrected chi connectivity index (χ3v) is 5.02. The number of nitrogens with zero attached hydrogens (tertiary/aromatic N) is 3. The predicted octanol–water partition coefficient (Wildman–Crippen LogP) is 4.52. The first-order chi connectivity index (χ1) is 13.9. The van der Waals surface area contributed by atoms with E-state index in [1.54, 1.807) is 17.0 Å². The highest BCUT2D eigenvalue weighted by molar-refractivity contribution is 7.98. The number of carbonyl (C=O) groups excluding carboxylic acids is 1. The Labute approximate surface area is 173 Å². The van der Waals surface area contributed by atoms with Gasteiger partial charge in [-0.25, -0.2) is 19.2 Å². The smallest absolute Gasteiger partial charge is 0.410 e. The summed E-state index contributed by atoms with van der Waals surface area (Å²) in [5.41, 5.74) is 0. The van der Waals surface area contributed by atoms with Crippen molar-refractivity contribution >= 4 is 17.9 Å². The maximum absolute atomic E-state index is 14.1. The lowest BCUT2D eigenvalue weighted by Crippen LogP contribution is -2.42. The largest absolute Gasteiger partial charge is 0.474 e. The second-order valence-electron chi connectivity index (χ2n) is 6.83. The molecular weight excluding hydrogens is 397 g/mol. The van der Waals surface area contributed by atoms with Crippen LogP contribution in [0.25, 0.3) is 0 Å². The van der Waals surface area contributed by atoms with Crippen LogP contribution in [-0.4, -0.2) is 52.5 Å². The number of carbonyl (C=O) groups is 1. The van der Waals surface area contributed by atoms with Gasteiger partial charge in [-0.15, -0.1) is 11.8 Å². The number of hydrogen-bond donors (Lipinski definition) is 0. The zero-order valence-corrected chi connectivity index (χ0v) is 17.4. The summed E-state index contributed by atoms with van der Waals surface area (Å²) in [6.45, 7) is 4.76. The van der Waals surface area contributed by atoms with Gasteiger partial charge in [0, 0.05) is 30.8 Å². The molecule has 1 aromatic carbocycles. The van der Waals surface area contributed by atoms with E-state index < -0.39 is 5.82 Å². The number of benzene rings is 1. The first-order valence-electron chi connectivity index (χ1n) is 9.40. The Hall–Kier alpha value is -2.55. The number of piperidine rings is 1. The first-order valence-corrected chi connectivity index (χ1v) is 10.6. The van der Waals surface area contributed by atoms with Crippen molar-refractivity contribution in [3.63, 3.8) is 0 Å². The van der Waals surface area contributed by atoms with Crippen LogP contribution in [0.1, 0.15) is 26.7 Å². The average Bonchev–Trinajstić information content (AvgIpc) is 2.70. The molecule has 0 radical (unpaired) electrons. The lowest BCUT2D eigenvalue weighted by atomic mass is 10.1. The number of hydrogen-bond acceptors (Lipinski definition) is 7. The molecule has 0 spiro atoms. The van der Waals surface area contributed by atoms with E-state index in [0.717, 1.165) is 4.90 Å². The number of aromatic nitrogens is 2. The van der Waals surface area contributed by atoms with Crippen LogP contribution in [0, 0.1) is 5.82 Å². The van der Waals surface area contributed by atoms with Gasteiger partial charge in [-0.05, 0) is 38.3 Å². The Kier molecular flexibility index (Phi) is 7.13. The SMILES string of the molecule is CSc1ccc(Oc2cc(OC3CCN(C(=O)OC(C)C)CC3)ncn2)c(F)c1. The van der Waals surface area contributed by atoms with Crippen molar-refractivity contribution in [1.82, 2.24) is 14.9 Å². The van der Waals surface area contributed by atoms with E-state index in [0.29, 0.717) is 31.8 Å². The Morgan fingerprint density at radius 3 is 2.59 bits per heavy atom. The van der Waals surface area contributed by atoms with Crippen LogP contribution in [0.2, 0.25) is 0 Å². The second kappa shape index (κ2) is 9.78. The van der Waals surface area contributed by atoms with Gasteiger partial charge in [-0.2, -0.15) is 0 Å². The van der Waals surface area contributed by atoms with Gasteiger partial charge < -0.3 is 19.1 Å². The number of rotatable bonds is 6. The van der Waals surface area contributed by atoms with Gasteiger partial charge in [0.25, 0.3) is 0 Å². The lowest BCUT2D eigenvalue weighted by Gasteiger charge is -2.31. The number of ether oxygens (including phenoxy) is 3. The summed E-state index contributed by atoms with van der Waals surface area (Å²) in [5.74, 6) is 0.172. The van der Waals surface area contributed by atoms with Crippen LogP contribution in [0.5, 0.6) is 17.5 Å². The molecular formula is C20H24FN3O4S. The van der Waals surface area contributed by atoms with Crippen LogP contribution in [0.3, 0.4) is 0 Å². The van der Waals surface area contributed by atoms with Crippen molar-refractivity contribution in [2.45, 2.75) is 43.8 Å². The van der Waals surface area contributed by atoms with E-state index in [2.05, 4.69) is 9.97 Å². The average molecular weight is 421 g/mol. The minimum absolute atomic E-state index is 0.0848. The summed E-state index contributed by atoms with van der Waals surface area (Å²) in [5, 5.41) is 0. The molecule has 1 amide bonds. The topological polar surface area (TPSA) is 73.8 Å². The third kappa shape index (κ3) is 5.96. The fraction of sp³-hybridized carbons (Fsp3) is 0.450. The van der Waals surface area contributed by atoms with Crippen LogP contribution >= 0.6 is 11.8 Å². The Morgan fingerprint density at radius 2 is 1.93 bits per heavy atom. The van der Waals surface area contributed by atoms with Gasteiger partial charge in [-0.1, -0.05) is 0 Å². The summed E-state index contributed by atoms with van der Waals surface area (Å²) in [7, 11) is 0. The molecule has 1 saturated heterocycles. The highest BCUT2D eigenvalue weighted by Crippen LogP contribution is 2.28. The molecule has 1 aliphatic rings. The fourth-order valence-electron chi connectivity index (χ4n) is 2.85. The monoisotopic (exact) mass is 421 g/mol. The number of halogens is 1. The molecule has 0 saturated carbocycles. The van der Waals surface area contributed by atoms with Gasteiger partial charge in [-0.3, -0.25) is 0 Å². The van der Waals surface area contributed by atoms with Crippen molar-refractivity contribution in [2.75, 3.05) is 19.3 Å². The molecule has 0 unspecified atom stereocenters. The van der Waals surface area contributed by atoms with E-state index in [1.165, 1.54) is 30.2 Å². The molecule has 0 N–H and O–H groups in total. The van der Waals surface area contributed by atoms with E-state index in [4.69, 9.17) is 14.2 Å². The number of thioether (sulfide) groups is 1. The minimum Gasteiger partial charge on any atom is -0.474 e. The van der Waals surface area contributed by atoms with Crippen LogP contribution in [-0.2, 0) is 4.74 Å². The molecule has 9 heteroatoms. The van der Waals surface area contributed by atoms with Gasteiger partial charge >= 0.3 is 6.09 Å². The highest BCUT2D eigenvalue weighted by Gasteiger charge is 2.25. The van der Waals surface area contributed by atoms with Crippen LogP contribution in [0.15, 0.2) is 35.5 Å². The molecule has 1 aliphatic heterocycles. The minimum atomic E-state index is -0.460.